The number of piperidine rings is 1. The molecule has 2 aromatic rings. The number of sulfonamides is 1. The Morgan fingerprint density at radius 1 is 1.09 bits per heavy atom. The zero-order valence-electron chi connectivity index (χ0n) is 19.6. The van der Waals surface area contributed by atoms with Crippen LogP contribution in [0.1, 0.15) is 36.0 Å². The number of hydrogen-bond donors (Lipinski definition) is 0. The third-order valence-electron chi connectivity index (χ3n) is 6.85. The van der Waals surface area contributed by atoms with Gasteiger partial charge in [-0.15, -0.1) is 0 Å². The molecule has 9 nitrogen and oxygen atoms in total. The lowest BCUT2D eigenvalue weighted by Crippen LogP contribution is -2.46. The number of rotatable bonds is 5. The number of ether oxygens (including phenoxy) is 1. The molecule has 0 unspecified atom stereocenters. The fraction of sp³-hybridized carbons (Fsp3) is 0.458. The Balaban J connectivity index is 1.53. The van der Waals surface area contributed by atoms with Crippen molar-refractivity contribution in [3.63, 3.8) is 0 Å². The van der Waals surface area contributed by atoms with Gasteiger partial charge >= 0.3 is 0 Å². The Morgan fingerprint density at radius 3 is 2.41 bits per heavy atom. The molecule has 2 aromatic carbocycles. The number of aryl methyl sites for hydroxylation is 2. The molecule has 10 heteroatoms. The van der Waals surface area contributed by atoms with Gasteiger partial charge < -0.3 is 9.64 Å². The molecule has 4 rings (SSSR count). The van der Waals surface area contributed by atoms with Gasteiger partial charge in [0.05, 0.1) is 22.6 Å². The molecular formula is C24H29N3O6S. The molecule has 1 fully saturated rings. The van der Waals surface area contributed by atoms with Gasteiger partial charge in [0.2, 0.25) is 15.9 Å². The number of nitro groups is 1. The molecule has 1 saturated heterocycles. The first kappa shape index (κ1) is 24.2. The molecule has 1 amide bonds. The molecule has 2 aliphatic heterocycles. The molecule has 0 aromatic heterocycles. The molecule has 0 spiro atoms. The predicted molar refractivity (Wildman–Crippen MR) is 128 cm³/mol. The van der Waals surface area contributed by atoms with Gasteiger partial charge in [0.25, 0.3) is 5.69 Å². The summed E-state index contributed by atoms with van der Waals surface area (Å²) in [4.78, 5) is 25.8. The Bertz CT molecular complexity index is 1240. The van der Waals surface area contributed by atoms with Crippen molar-refractivity contribution in [2.24, 2.45) is 5.92 Å². The van der Waals surface area contributed by atoms with Crippen molar-refractivity contribution in [2.75, 3.05) is 31.6 Å². The second-order valence-corrected chi connectivity index (χ2v) is 10.8. The maximum atomic E-state index is 13.5. The van der Waals surface area contributed by atoms with Gasteiger partial charge in [-0.3, -0.25) is 14.9 Å². The van der Waals surface area contributed by atoms with E-state index in [-0.39, 0.29) is 35.5 Å². The topological polar surface area (TPSA) is 110 Å². The minimum absolute atomic E-state index is 0.00609. The predicted octanol–water partition coefficient (Wildman–Crippen LogP) is 3.60. The standard InChI is InChI=1S/C24H29N3O6S/c1-16-7-9-21(33-3)23-20(16)5-4-12-26(23)24(28)18-10-13-25(14-11-18)34(31,32)22-15-19(27(29)30)8-6-17(22)2/h6-9,15,18H,4-5,10-14H2,1-3H3. The number of anilines is 1. The van der Waals surface area contributed by atoms with Crippen molar-refractivity contribution in [3.8, 4) is 5.75 Å². The maximum absolute atomic E-state index is 13.5. The SMILES string of the molecule is COc1ccc(C)c2c1N(C(=O)C1CCN(S(=O)(=O)c3cc([N+](=O)[O-])ccc3C)CC1)CCC2. The molecule has 182 valence electrons. The van der Waals surface area contributed by atoms with E-state index in [1.165, 1.54) is 16.4 Å². The van der Waals surface area contributed by atoms with Crippen molar-refractivity contribution < 1.29 is 22.9 Å². The molecule has 0 N–H and O–H groups in total. The van der Waals surface area contributed by atoms with Gasteiger partial charge in [0.15, 0.2) is 0 Å². The van der Waals surface area contributed by atoms with Crippen LogP contribution >= 0.6 is 0 Å². The first-order valence-corrected chi connectivity index (χ1v) is 12.8. The van der Waals surface area contributed by atoms with Crippen LogP contribution in [0.3, 0.4) is 0 Å². The molecule has 0 saturated carbocycles. The van der Waals surface area contributed by atoms with Crippen molar-refractivity contribution >= 4 is 27.3 Å². The van der Waals surface area contributed by atoms with E-state index in [1.807, 2.05) is 24.0 Å². The fourth-order valence-corrected chi connectivity index (χ4v) is 6.64. The lowest BCUT2D eigenvalue weighted by atomic mass is 9.92. The number of nitrogens with zero attached hydrogens (tertiary/aromatic N) is 3. The normalized spacial score (nSPS) is 17.3. The van der Waals surface area contributed by atoms with Crippen LogP contribution in [0.5, 0.6) is 5.75 Å². The second kappa shape index (κ2) is 9.34. The number of hydrogen-bond acceptors (Lipinski definition) is 6. The van der Waals surface area contributed by atoms with Crippen LogP contribution < -0.4 is 9.64 Å². The molecular weight excluding hydrogens is 458 g/mol. The molecule has 0 bridgehead atoms. The first-order valence-electron chi connectivity index (χ1n) is 11.4. The highest BCUT2D eigenvalue weighted by Crippen LogP contribution is 2.40. The van der Waals surface area contributed by atoms with E-state index in [1.54, 1.807) is 14.0 Å². The van der Waals surface area contributed by atoms with Crippen molar-refractivity contribution in [1.29, 1.82) is 0 Å². The summed E-state index contributed by atoms with van der Waals surface area (Å²) >= 11 is 0. The third-order valence-corrected chi connectivity index (χ3v) is 8.89. The third kappa shape index (κ3) is 4.27. The molecule has 2 heterocycles. The summed E-state index contributed by atoms with van der Waals surface area (Å²) in [6, 6.07) is 7.75. The lowest BCUT2D eigenvalue weighted by Gasteiger charge is -2.37. The summed E-state index contributed by atoms with van der Waals surface area (Å²) in [5.74, 6) is 0.372. The van der Waals surface area contributed by atoms with E-state index in [4.69, 9.17) is 4.74 Å². The van der Waals surface area contributed by atoms with Gasteiger partial charge in [0.1, 0.15) is 5.75 Å². The van der Waals surface area contributed by atoms with Crippen LogP contribution in [0.25, 0.3) is 0 Å². The minimum atomic E-state index is -3.90. The number of carbonyl (C=O) groups excluding carboxylic acids is 1. The Hall–Kier alpha value is -2.98. The van der Waals surface area contributed by atoms with Crippen LogP contribution in [0, 0.1) is 29.9 Å². The van der Waals surface area contributed by atoms with Crippen LogP contribution in [0.2, 0.25) is 0 Å². The van der Waals surface area contributed by atoms with E-state index in [0.29, 0.717) is 30.7 Å². The van der Waals surface area contributed by atoms with E-state index >= 15 is 0 Å². The van der Waals surface area contributed by atoms with Crippen LogP contribution in [-0.4, -0.2) is 50.3 Å². The second-order valence-electron chi connectivity index (χ2n) is 8.89. The van der Waals surface area contributed by atoms with E-state index in [0.717, 1.165) is 35.7 Å². The Labute approximate surface area is 199 Å². The average molecular weight is 488 g/mol. The van der Waals surface area contributed by atoms with Gasteiger partial charge in [-0.25, -0.2) is 8.42 Å². The van der Waals surface area contributed by atoms with Crippen LogP contribution in [-0.2, 0) is 21.2 Å². The highest BCUT2D eigenvalue weighted by atomic mass is 32.2. The zero-order valence-corrected chi connectivity index (χ0v) is 20.4. The van der Waals surface area contributed by atoms with Crippen LogP contribution in [0.15, 0.2) is 35.2 Å². The number of methoxy groups -OCH3 is 1. The van der Waals surface area contributed by atoms with E-state index in [9.17, 15) is 23.3 Å². The molecule has 2 aliphatic rings. The largest absolute Gasteiger partial charge is 0.495 e. The minimum Gasteiger partial charge on any atom is -0.495 e. The average Bonchev–Trinajstić information content (AvgIpc) is 2.83. The van der Waals surface area contributed by atoms with Gasteiger partial charge in [0, 0.05) is 37.7 Å². The maximum Gasteiger partial charge on any atom is 0.270 e. The number of non-ortho nitro benzene ring substituents is 1. The molecule has 0 atom stereocenters. The van der Waals surface area contributed by atoms with Gasteiger partial charge in [-0.2, -0.15) is 4.31 Å². The first-order chi connectivity index (χ1) is 16.1. The quantitative estimate of drug-likeness (QED) is 0.471. The van der Waals surface area contributed by atoms with E-state index < -0.39 is 14.9 Å². The molecule has 0 aliphatic carbocycles. The summed E-state index contributed by atoms with van der Waals surface area (Å²) in [5, 5.41) is 11.1. The highest BCUT2D eigenvalue weighted by Gasteiger charge is 2.37. The van der Waals surface area contributed by atoms with Gasteiger partial charge in [-0.05, 0) is 62.3 Å². The fourth-order valence-electron chi connectivity index (χ4n) is 4.92. The smallest absolute Gasteiger partial charge is 0.270 e. The number of benzene rings is 2. The van der Waals surface area contributed by atoms with Crippen molar-refractivity contribution in [1.82, 2.24) is 4.31 Å². The number of fused-ring (bicyclic) bond motifs is 1. The van der Waals surface area contributed by atoms with Crippen molar-refractivity contribution in [2.45, 2.75) is 44.4 Å². The van der Waals surface area contributed by atoms with Crippen LogP contribution in [0.4, 0.5) is 11.4 Å². The number of amides is 1. The highest BCUT2D eigenvalue weighted by molar-refractivity contribution is 7.89. The van der Waals surface area contributed by atoms with Crippen molar-refractivity contribution in [3.05, 3.63) is 57.1 Å². The summed E-state index contributed by atoms with van der Waals surface area (Å²) in [5.41, 5.74) is 3.28. The summed E-state index contributed by atoms with van der Waals surface area (Å²) in [6.45, 7) is 4.64. The van der Waals surface area contributed by atoms with Gasteiger partial charge in [-0.1, -0.05) is 12.1 Å². The Kier molecular flexibility index (Phi) is 6.64. The number of nitro benzene ring substituents is 1. The molecule has 34 heavy (non-hydrogen) atoms. The summed E-state index contributed by atoms with van der Waals surface area (Å²) in [7, 11) is -2.31. The number of carbonyl (C=O) groups is 1. The summed E-state index contributed by atoms with van der Waals surface area (Å²) < 4.78 is 33.4. The zero-order chi connectivity index (χ0) is 24.6. The molecule has 0 radical (unpaired) electrons. The summed E-state index contributed by atoms with van der Waals surface area (Å²) in [6.07, 6.45) is 2.55. The Morgan fingerprint density at radius 2 is 1.76 bits per heavy atom. The lowest BCUT2D eigenvalue weighted by molar-refractivity contribution is -0.385. The van der Waals surface area contributed by atoms with E-state index in [2.05, 4.69) is 0 Å². The monoisotopic (exact) mass is 487 g/mol.